The molecule has 3 nitrogen and oxygen atoms in total. The third-order valence-corrected chi connectivity index (χ3v) is 6.20. The summed E-state index contributed by atoms with van der Waals surface area (Å²) in [6.45, 7) is 0. The fourth-order valence-corrected chi connectivity index (χ4v) is 6.26. The first kappa shape index (κ1) is 11.6. The number of alkyl halides is 1. The maximum absolute atomic E-state index is 6.93. The molecule has 2 atom stereocenters. The van der Waals surface area contributed by atoms with Crippen LogP contribution in [0.5, 0.6) is 0 Å². The van der Waals surface area contributed by atoms with Crippen LogP contribution in [-0.4, -0.2) is 19.9 Å². The van der Waals surface area contributed by atoms with Crippen LogP contribution in [-0.2, 0) is 5.54 Å². The van der Waals surface area contributed by atoms with Crippen molar-refractivity contribution in [1.82, 2.24) is 15.0 Å². The van der Waals surface area contributed by atoms with Gasteiger partial charge in [-0.2, -0.15) is 0 Å². The Hall–Kier alpha value is -1.09. The Labute approximate surface area is 123 Å². The van der Waals surface area contributed by atoms with Gasteiger partial charge in [0.05, 0.1) is 11.1 Å². The lowest BCUT2D eigenvalue weighted by Gasteiger charge is -2.59. The van der Waals surface area contributed by atoms with E-state index >= 15 is 0 Å². The highest BCUT2D eigenvalue weighted by molar-refractivity contribution is 6.24. The second-order valence-corrected chi connectivity index (χ2v) is 8.13. The summed E-state index contributed by atoms with van der Waals surface area (Å²) in [5.41, 5.74) is 2.31. The minimum atomic E-state index is 0.0249. The molecule has 0 unspecified atom stereocenters. The second kappa shape index (κ2) is 3.56. The Morgan fingerprint density at radius 3 is 2.60 bits per heavy atom. The maximum atomic E-state index is 6.93. The van der Waals surface area contributed by atoms with Crippen molar-refractivity contribution < 1.29 is 0 Å². The third kappa shape index (κ3) is 1.42. The zero-order valence-corrected chi connectivity index (χ0v) is 12.2. The normalized spacial score (nSPS) is 42.5. The van der Waals surface area contributed by atoms with E-state index in [1.807, 2.05) is 6.07 Å². The summed E-state index contributed by atoms with van der Waals surface area (Å²) < 4.78 is 2.22. The predicted molar refractivity (Wildman–Crippen MR) is 78.8 cm³/mol. The van der Waals surface area contributed by atoms with Crippen molar-refractivity contribution in [3.8, 4) is 0 Å². The number of halogens is 1. The van der Waals surface area contributed by atoms with Crippen LogP contribution in [0.4, 0.5) is 0 Å². The highest BCUT2D eigenvalue weighted by atomic mass is 35.5. The largest absolute Gasteiger partial charge is 0.238 e. The van der Waals surface area contributed by atoms with Gasteiger partial charge in [-0.1, -0.05) is 17.3 Å². The van der Waals surface area contributed by atoms with Crippen LogP contribution in [0.15, 0.2) is 24.3 Å². The minimum absolute atomic E-state index is 0.0249. The number of rotatable bonds is 1. The molecule has 4 heteroatoms. The molecular weight excluding hydrogens is 270 g/mol. The molecule has 4 aliphatic carbocycles. The van der Waals surface area contributed by atoms with E-state index < -0.39 is 0 Å². The van der Waals surface area contributed by atoms with Crippen molar-refractivity contribution >= 4 is 22.6 Å². The van der Waals surface area contributed by atoms with E-state index in [9.17, 15) is 0 Å². The van der Waals surface area contributed by atoms with Gasteiger partial charge in [-0.3, -0.25) is 0 Å². The molecule has 1 aromatic carbocycles. The van der Waals surface area contributed by atoms with Crippen molar-refractivity contribution in [3.05, 3.63) is 24.3 Å². The van der Waals surface area contributed by atoms with Gasteiger partial charge in [0.1, 0.15) is 5.52 Å². The summed E-state index contributed by atoms with van der Waals surface area (Å²) in [5.74, 6) is 1.58. The van der Waals surface area contributed by atoms with E-state index in [4.69, 9.17) is 11.6 Å². The first-order valence-electron chi connectivity index (χ1n) is 7.66. The van der Waals surface area contributed by atoms with Crippen LogP contribution >= 0.6 is 11.6 Å². The summed E-state index contributed by atoms with van der Waals surface area (Å²) in [6, 6.07) is 8.31. The van der Waals surface area contributed by atoms with Crippen LogP contribution in [0.2, 0.25) is 0 Å². The molecule has 0 saturated heterocycles. The average molecular weight is 288 g/mol. The lowest BCUT2D eigenvalue weighted by molar-refractivity contribution is -0.0356. The van der Waals surface area contributed by atoms with Gasteiger partial charge in [0.2, 0.25) is 0 Å². The number of nitrogens with zero attached hydrogens (tertiary/aromatic N) is 3. The number of fused-ring (bicyclic) bond motifs is 1. The summed E-state index contributed by atoms with van der Waals surface area (Å²) >= 11 is 6.93. The van der Waals surface area contributed by atoms with Crippen molar-refractivity contribution in [2.24, 2.45) is 11.8 Å². The molecule has 0 spiro atoms. The number of benzene rings is 1. The Kier molecular flexibility index (Phi) is 2.06. The van der Waals surface area contributed by atoms with Crippen LogP contribution in [0.1, 0.15) is 38.5 Å². The van der Waals surface area contributed by atoms with Gasteiger partial charge < -0.3 is 0 Å². The number of para-hydroxylation sites is 1. The molecule has 0 N–H and O–H groups in total. The van der Waals surface area contributed by atoms with Crippen LogP contribution in [0, 0.1) is 11.8 Å². The molecule has 0 aliphatic heterocycles. The topological polar surface area (TPSA) is 30.7 Å². The molecule has 4 aliphatic rings. The first-order valence-corrected chi connectivity index (χ1v) is 8.04. The van der Waals surface area contributed by atoms with E-state index in [0.717, 1.165) is 23.8 Å². The molecule has 2 aromatic rings. The Bertz CT molecular complexity index is 678. The SMILES string of the molecule is ClC12C[C@H]3C[C@H](C1)CC(n1nnc4ccccc41)(C3)C2. The zero-order chi connectivity index (χ0) is 13.4. The van der Waals surface area contributed by atoms with Gasteiger partial charge >= 0.3 is 0 Å². The minimum Gasteiger partial charge on any atom is -0.238 e. The van der Waals surface area contributed by atoms with E-state index in [-0.39, 0.29) is 10.4 Å². The van der Waals surface area contributed by atoms with Crippen molar-refractivity contribution in [2.75, 3.05) is 0 Å². The molecule has 104 valence electrons. The summed E-state index contributed by atoms with van der Waals surface area (Å²) in [4.78, 5) is 0.0249. The van der Waals surface area contributed by atoms with Crippen molar-refractivity contribution in [1.29, 1.82) is 0 Å². The van der Waals surface area contributed by atoms with Crippen LogP contribution < -0.4 is 0 Å². The Morgan fingerprint density at radius 1 is 1.10 bits per heavy atom. The van der Waals surface area contributed by atoms with Crippen LogP contribution in [0.25, 0.3) is 11.0 Å². The fraction of sp³-hybridized carbons (Fsp3) is 0.625. The van der Waals surface area contributed by atoms with E-state index in [1.165, 1.54) is 37.6 Å². The first-order chi connectivity index (χ1) is 9.66. The zero-order valence-electron chi connectivity index (χ0n) is 11.4. The monoisotopic (exact) mass is 287 g/mol. The number of aromatic nitrogens is 3. The molecule has 1 aromatic heterocycles. The summed E-state index contributed by atoms with van der Waals surface area (Å²) in [7, 11) is 0. The smallest absolute Gasteiger partial charge is 0.113 e. The van der Waals surface area contributed by atoms with E-state index in [0.29, 0.717) is 0 Å². The van der Waals surface area contributed by atoms with Gasteiger partial charge in [0.15, 0.2) is 0 Å². The average Bonchev–Trinajstić information content (AvgIpc) is 2.80. The van der Waals surface area contributed by atoms with Gasteiger partial charge in [-0.15, -0.1) is 16.7 Å². The molecule has 4 fully saturated rings. The van der Waals surface area contributed by atoms with Gasteiger partial charge in [0.25, 0.3) is 0 Å². The molecular formula is C16H18ClN3. The van der Waals surface area contributed by atoms with Crippen molar-refractivity contribution in [2.45, 2.75) is 48.9 Å². The molecule has 6 rings (SSSR count). The quantitative estimate of drug-likeness (QED) is 0.749. The van der Waals surface area contributed by atoms with Crippen molar-refractivity contribution in [3.63, 3.8) is 0 Å². The molecule has 0 amide bonds. The lowest BCUT2D eigenvalue weighted by atomic mass is 9.52. The summed E-state index contributed by atoms with van der Waals surface area (Å²) in [6.07, 6.45) is 7.35. The molecule has 1 heterocycles. The maximum Gasteiger partial charge on any atom is 0.113 e. The van der Waals surface area contributed by atoms with E-state index in [1.54, 1.807) is 0 Å². The Morgan fingerprint density at radius 2 is 1.85 bits per heavy atom. The van der Waals surface area contributed by atoms with Gasteiger partial charge in [0, 0.05) is 4.87 Å². The molecule has 20 heavy (non-hydrogen) atoms. The third-order valence-electron chi connectivity index (χ3n) is 5.76. The molecule has 4 saturated carbocycles. The van der Waals surface area contributed by atoms with E-state index in [2.05, 4.69) is 33.2 Å². The highest BCUT2D eigenvalue weighted by Gasteiger charge is 2.58. The standard InChI is InChI=1S/C16H18ClN3/c17-15-6-11-5-12(7-15)9-16(8-11,10-15)20-14-4-2-1-3-13(14)18-19-20/h1-4,11-12H,5-10H2/t11-,12-,15?,16?/m1/s1. The fourth-order valence-electron chi connectivity index (χ4n) is 5.57. The second-order valence-electron chi connectivity index (χ2n) is 7.33. The highest BCUT2D eigenvalue weighted by Crippen LogP contribution is 2.62. The van der Waals surface area contributed by atoms with Gasteiger partial charge in [-0.25, -0.2) is 4.68 Å². The summed E-state index contributed by atoms with van der Waals surface area (Å²) in [5, 5.41) is 8.89. The predicted octanol–water partition coefficient (Wildman–Crippen LogP) is 3.72. The Balaban J connectivity index is 1.70. The number of hydrogen-bond acceptors (Lipinski definition) is 2. The lowest BCUT2D eigenvalue weighted by Crippen LogP contribution is -2.57. The van der Waals surface area contributed by atoms with Gasteiger partial charge in [-0.05, 0) is 62.5 Å². The number of hydrogen-bond donors (Lipinski definition) is 0. The molecule has 4 bridgehead atoms. The van der Waals surface area contributed by atoms with Crippen LogP contribution in [0.3, 0.4) is 0 Å². The molecule has 0 radical (unpaired) electrons.